The fourth-order valence-corrected chi connectivity index (χ4v) is 3.07. The van der Waals surface area contributed by atoms with Gasteiger partial charge in [-0.1, -0.05) is 18.2 Å². The molecule has 1 atom stereocenters. The minimum atomic E-state index is -0.0779. The molecule has 1 saturated heterocycles. The summed E-state index contributed by atoms with van der Waals surface area (Å²) in [6.45, 7) is 0.994. The van der Waals surface area contributed by atoms with Crippen LogP contribution in [0.15, 0.2) is 48.5 Å². The Morgan fingerprint density at radius 1 is 1.24 bits per heavy atom. The second-order valence-electron chi connectivity index (χ2n) is 6.06. The molecule has 0 bridgehead atoms. The minimum absolute atomic E-state index is 0.00519. The van der Waals surface area contributed by atoms with Crippen molar-refractivity contribution in [2.45, 2.75) is 25.5 Å². The molecular weight excluding hydrogens is 316 g/mol. The van der Waals surface area contributed by atoms with Gasteiger partial charge in [0.1, 0.15) is 12.4 Å². The number of nitrogens with zero attached hydrogens (tertiary/aromatic N) is 2. The molecule has 1 aliphatic rings. The zero-order chi connectivity index (χ0) is 17.6. The van der Waals surface area contributed by atoms with E-state index in [2.05, 4.69) is 6.07 Å². The van der Waals surface area contributed by atoms with E-state index in [4.69, 9.17) is 10.00 Å². The van der Waals surface area contributed by atoms with E-state index in [1.165, 1.54) is 0 Å². The molecule has 0 spiro atoms. The van der Waals surface area contributed by atoms with Gasteiger partial charge in [-0.15, -0.1) is 0 Å². The first-order valence-electron chi connectivity index (χ1n) is 8.35. The van der Waals surface area contributed by atoms with Crippen molar-refractivity contribution < 1.29 is 14.6 Å². The molecule has 1 heterocycles. The van der Waals surface area contributed by atoms with Gasteiger partial charge in [-0.2, -0.15) is 5.26 Å². The number of carbonyl (C=O) groups excluding carboxylic acids is 1. The van der Waals surface area contributed by atoms with Crippen LogP contribution in [0.5, 0.6) is 5.75 Å². The zero-order valence-corrected chi connectivity index (χ0v) is 13.9. The number of hydrogen-bond donors (Lipinski definition) is 1. The number of carbonyl (C=O) groups is 1. The Morgan fingerprint density at radius 2 is 2.00 bits per heavy atom. The molecule has 0 unspecified atom stereocenters. The van der Waals surface area contributed by atoms with Crippen LogP contribution in [0, 0.1) is 11.3 Å². The van der Waals surface area contributed by atoms with Crippen LogP contribution in [0.2, 0.25) is 0 Å². The molecule has 0 aromatic heterocycles. The van der Waals surface area contributed by atoms with Gasteiger partial charge in [0.05, 0.1) is 24.3 Å². The Kier molecular flexibility index (Phi) is 5.32. The summed E-state index contributed by atoms with van der Waals surface area (Å²) in [6.07, 6.45) is 1.78. The normalized spacial score (nSPS) is 16.5. The molecule has 0 radical (unpaired) electrons. The predicted molar refractivity (Wildman–Crippen MR) is 93.1 cm³/mol. The van der Waals surface area contributed by atoms with E-state index in [9.17, 15) is 9.90 Å². The quantitative estimate of drug-likeness (QED) is 0.911. The molecular formula is C20H20N2O3. The first-order chi connectivity index (χ1) is 12.2. The van der Waals surface area contributed by atoms with Gasteiger partial charge in [0.25, 0.3) is 5.91 Å². The first kappa shape index (κ1) is 17.0. The van der Waals surface area contributed by atoms with Gasteiger partial charge < -0.3 is 14.7 Å². The lowest BCUT2D eigenvalue weighted by atomic mass is 10.1. The Labute approximate surface area is 147 Å². The lowest BCUT2D eigenvalue weighted by Crippen LogP contribution is -2.37. The number of nitriles is 1. The molecule has 1 N–H and O–H groups in total. The third-order valence-corrected chi connectivity index (χ3v) is 4.48. The number of likely N-dealkylation sites (tertiary alicyclic amines) is 1. The number of aliphatic hydroxyl groups is 1. The Hall–Kier alpha value is -2.84. The van der Waals surface area contributed by atoms with Crippen molar-refractivity contribution in [3.8, 4) is 11.8 Å². The van der Waals surface area contributed by atoms with E-state index < -0.39 is 0 Å². The maximum Gasteiger partial charge on any atom is 0.254 e. The van der Waals surface area contributed by atoms with Gasteiger partial charge in [0.15, 0.2) is 0 Å². The smallest absolute Gasteiger partial charge is 0.254 e. The highest BCUT2D eigenvalue weighted by atomic mass is 16.5. The number of aliphatic hydroxyl groups excluding tert-OH is 1. The van der Waals surface area contributed by atoms with Crippen LogP contribution in [0.1, 0.15) is 34.3 Å². The van der Waals surface area contributed by atoms with Gasteiger partial charge in [-0.05, 0) is 43.2 Å². The molecule has 128 valence electrons. The number of amides is 1. The maximum absolute atomic E-state index is 12.5. The van der Waals surface area contributed by atoms with E-state index in [-0.39, 0.29) is 18.6 Å². The van der Waals surface area contributed by atoms with Gasteiger partial charge in [0, 0.05) is 17.7 Å². The van der Waals surface area contributed by atoms with Crippen LogP contribution in [-0.2, 0) is 6.61 Å². The van der Waals surface area contributed by atoms with Crippen LogP contribution in [0.4, 0.5) is 0 Å². The summed E-state index contributed by atoms with van der Waals surface area (Å²) in [6, 6.07) is 16.4. The fraction of sp³-hybridized carbons (Fsp3) is 0.300. The average Bonchev–Trinajstić information content (AvgIpc) is 3.15. The molecule has 5 heteroatoms. The monoisotopic (exact) mass is 336 g/mol. The van der Waals surface area contributed by atoms with Gasteiger partial charge in [-0.25, -0.2) is 0 Å². The van der Waals surface area contributed by atoms with Crippen molar-refractivity contribution in [2.75, 3.05) is 13.2 Å². The topological polar surface area (TPSA) is 73.6 Å². The van der Waals surface area contributed by atoms with E-state index in [1.807, 2.05) is 18.2 Å². The lowest BCUT2D eigenvalue weighted by Gasteiger charge is -2.23. The standard InChI is InChI=1S/C20H20N2O3/c21-12-16-4-1-2-5-17(16)14-25-19-9-7-15(8-10-19)20(24)22-11-3-6-18(22)13-23/h1-2,4-5,7-10,18,23H,3,6,11,13-14H2/t18-/m1/s1. The Bertz CT molecular complexity index is 780. The van der Waals surface area contributed by atoms with Crippen molar-refractivity contribution in [1.82, 2.24) is 4.90 Å². The fourth-order valence-electron chi connectivity index (χ4n) is 3.07. The van der Waals surface area contributed by atoms with Crippen molar-refractivity contribution in [1.29, 1.82) is 5.26 Å². The predicted octanol–water partition coefficient (Wildman–Crippen LogP) is 2.73. The highest BCUT2D eigenvalue weighted by Gasteiger charge is 2.28. The van der Waals surface area contributed by atoms with Crippen LogP contribution in [0.3, 0.4) is 0 Å². The summed E-state index contributed by atoms with van der Waals surface area (Å²) in [5, 5.41) is 18.5. The van der Waals surface area contributed by atoms with Gasteiger partial charge in [-0.3, -0.25) is 4.79 Å². The summed E-state index contributed by atoms with van der Waals surface area (Å²) in [7, 11) is 0. The molecule has 2 aromatic rings. The molecule has 3 rings (SSSR count). The summed E-state index contributed by atoms with van der Waals surface area (Å²) >= 11 is 0. The largest absolute Gasteiger partial charge is 0.489 e. The number of ether oxygens (including phenoxy) is 1. The van der Waals surface area contributed by atoms with E-state index in [0.717, 1.165) is 18.4 Å². The summed E-state index contributed by atoms with van der Waals surface area (Å²) < 4.78 is 5.72. The first-order valence-corrected chi connectivity index (χ1v) is 8.35. The third-order valence-electron chi connectivity index (χ3n) is 4.48. The number of hydrogen-bond acceptors (Lipinski definition) is 4. The SMILES string of the molecule is N#Cc1ccccc1COc1ccc(C(=O)N2CCC[C@@H]2CO)cc1. The molecule has 2 aromatic carbocycles. The molecule has 1 aliphatic heterocycles. The van der Waals surface area contributed by atoms with Crippen molar-refractivity contribution in [2.24, 2.45) is 0 Å². The summed E-state index contributed by atoms with van der Waals surface area (Å²) in [5.41, 5.74) is 2.01. The van der Waals surface area contributed by atoms with E-state index in [1.54, 1.807) is 35.2 Å². The molecule has 5 nitrogen and oxygen atoms in total. The van der Waals surface area contributed by atoms with E-state index >= 15 is 0 Å². The highest BCUT2D eigenvalue weighted by molar-refractivity contribution is 5.94. The molecule has 1 amide bonds. The van der Waals surface area contributed by atoms with Gasteiger partial charge in [0.2, 0.25) is 0 Å². The number of benzene rings is 2. The molecule has 0 saturated carbocycles. The molecule has 25 heavy (non-hydrogen) atoms. The highest BCUT2D eigenvalue weighted by Crippen LogP contribution is 2.21. The lowest BCUT2D eigenvalue weighted by molar-refractivity contribution is 0.0677. The summed E-state index contributed by atoms with van der Waals surface area (Å²) in [5.74, 6) is 0.586. The Morgan fingerprint density at radius 3 is 2.72 bits per heavy atom. The van der Waals surface area contributed by atoms with Crippen LogP contribution in [-0.4, -0.2) is 35.1 Å². The maximum atomic E-state index is 12.5. The number of rotatable bonds is 5. The zero-order valence-electron chi connectivity index (χ0n) is 13.9. The minimum Gasteiger partial charge on any atom is -0.489 e. The van der Waals surface area contributed by atoms with E-state index in [0.29, 0.717) is 30.0 Å². The third kappa shape index (κ3) is 3.81. The van der Waals surface area contributed by atoms with Gasteiger partial charge >= 0.3 is 0 Å². The van der Waals surface area contributed by atoms with Crippen molar-refractivity contribution >= 4 is 5.91 Å². The van der Waals surface area contributed by atoms with Crippen molar-refractivity contribution in [3.05, 3.63) is 65.2 Å². The second-order valence-corrected chi connectivity index (χ2v) is 6.06. The molecule has 0 aliphatic carbocycles. The second kappa shape index (κ2) is 7.82. The average molecular weight is 336 g/mol. The van der Waals surface area contributed by atoms with Crippen LogP contribution >= 0.6 is 0 Å². The van der Waals surface area contributed by atoms with Crippen LogP contribution in [0.25, 0.3) is 0 Å². The summed E-state index contributed by atoms with van der Waals surface area (Å²) in [4.78, 5) is 14.3. The van der Waals surface area contributed by atoms with Crippen LogP contribution < -0.4 is 4.74 Å². The molecule has 1 fully saturated rings. The van der Waals surface area contributed by atoms with Crippen molar-refractivity contribution in [3.63, 3.8) is 0 Å². The Balaban J connectivity index is 1.64.